The Bertz CT molecular complexity index is 2910. The topological polar surface area (TPSA) is 542 Å². The predicted molar refractivity (Wildman–Crippen MR) is 335 cm³/mol. The number of aliphatic carboxylic acids is 2. The van der Waals surface area contributed by atoms with Crippen LogP contribution in [0.5, 0.6) is 5.75 Å². The number of imidazole rings is 1. The van der Waals surface area contributed by atoms with E-state index < -0.39 is 151 Å². The average Bonchev–Trinajstić information content (AvgIpc) is 1.13. The molecule has 0 spiro atoms. The van der Waals surface area contributed by atoms with Crippen molar-refractivity contribution in [1.82, 2.24) is 57.8 Å². The van der Waals surface area contributed by atoms with Crippen LogP contribution in [0.4, 0.5) is 0 Å². The van der Waals surface area contributed by atoms with Crippen molar-refractivity contribution in [1.29, 1.82) is 0 Å². The number of amides is 9. The van der Waals surface area contributed by atoms with Gasteiger partial charge in [0.15, 0.2) is 5.96 Å². The van der Waals surface area contributed by atoms with Crippen molar-refractivity contribution in [3.8, 4) is 5.75 Å². The fourth-order valence-electron chi connectivity index (χ4n) is 9.36. The number of carbonyl (C=O) groups excluding carboxylic acids is 9. The quantitative estimate of drug-likeness (QED) is 0.0148. The lowest BCUT2D eigenvalue weighted by Crippen LogP contribution is -2.62. The van der Waals surface area contributed by atoms with Crippen molar-refractivity contribution >= 4 is 71.1 Å². The molecule has 92 heavy (non-hydrogen) atoms. The number of nitrogens with two attached hydrogens (primary N) is 4. The molecular weight excluding hydrogens is 1200 g/mol. The normalized spacial score (nSPS) is 14.8. The monoisotopic (exact) mass is 1290 g/mol. The Morgan fingerprint density at radius 1 is 0.543 bits per heavy atom. The minimum absolute atomic E-state index is 0.000308. The number of hydrogen-bond donors (Lipinski definition) is 19. The van der Waals surface area contributed by atoms with Crippen molar-refractivity contribution in [2.24, 2.45) is 39.8 Å². The summed E-state index contributed by atoms with van der Waals surface area (Å²) in [6.07, 6.45) is -0.0669. The van der Waals surface area contributed by atoms with E-state index in [1.54, 1.807) is 70.2 Å². The molecule has 11 atom stereocenters. The van der Waals surface area contributed by atoms with Gasteiger partial charge in [0.1, 0.15) is 60.1 Å². The first-order valence-electron chi connectivity index (χ1n) is 30.3. The number of benzene rings is 2. The van der Waals surface area contributed by atoms with Crippen molar-refractivity contribution in [2.75, 3.05) is 19.7 Å². The number of aromatic amines is 1. The van der Waals surface area contributed by atoms with Crippen LogP contribution >= 0.6 is 0 Å². The summed E-state index contributed by atoms with van der Waals surface area (Å²) in [5.74, 6) is -12.3. The number of nitrogens with zero attached hydrogens (tertiary/aromatic N) is 2. The Labute approximate surface area is 532 Å². The number of aliphatic hydroxyl groups is 2. The van der Waals surface area contributed by atoms with Gasteiger partial charge in [-0.05, 0) is 106 Å². The number of hydrogen-bond acceptors (Lipinski definition) is 18. The van der Waals surface area contributed by atoms with Crippen molar-refractivity contribution < 1.29 is 78.3 Å². The summed E-state index contributed by atoms with van der Waals surface area (Å²) in [4.78, 5) is 161. The number of aliphatic imine (C=N–C) groups is 1. The Kier molecular flexibility index (Phi) is 33.3. The summed E-state index contributed by atoms with van der Waals surface area (Å²) in [6.45, 7) is 7.02. The first kappa shape index (κ1) is 77.0. The first-order chi connectivity index (χ1) is 43.5. The number of aromatic hydroxyl groups is 1. The summed E-state index contributed by atoms with van der Waals surface area (Å²) < 4.78 is 0. The molecule has 508 valence electrons. The SMILES string of the molecule is CC(C)C[C@H](NC(=O)[C@@H](NC(=O)[C@H](CO)NC(=O)[C@H](CC(C)C)NC(=O)[C@H](CCC(=O)O)NC(=O)[C@H](CCCCN)NC(=O)[C@H](Cc1ccccc1)NC(=O)[C@H](CCCN=C(N)N)NC(=O)[C@H](Cc1cnc[nH]1)NC(=O)[C@@H](N)Cc1ccc(O)cc1)[C@@H](C)O)C(=O)O. The van der Waals surface area contributed by atoms with Gasteiger partial charge in [-0.3, -0.25) is 52.9 Å². The second-order valence-corrected chi connectivity index (χ2v) is 23.1. The number of rotatable bonds is 42. The molecule has 3 rings (SSSR count). The zero-order valence-corrected chi connectivity index (χ0v) is 52.4. The molecule has 0 saturated carbocycles. The average molecular weight is 1290 g/mol. The van der Waals surface area contributed by atoms with Crippen molar-refractivity contribution in [2.45, 2.75) is 178 Å². The largest absolute Gasteiger partial charge is 0.508 e. The van der Waals surface area contributed by atoms with Crippen LogP contribution in [0.1, 0.15) is 109 Å². The highest BCUT2D eigenvalue weighted by Gasteiger charge is 2.37. The van der Waals surface area contributed by atoms with E-state index in [-0.39, 0.29) is 94.4 Å². The molecule has 0 radical (unpaired) electrons. The van der Waals surface area contributed by atoms with Crippen LogP contribution in [-0.2, 0) is 72.0 Å². The fraction of sp³-hybridized carbons (Fsp3) is 0.550. The second kappa shape index (κ2) is 39.8. The molecular formula is C60H92N16O16. The number of carboxylic acid groups (broad SMARTS) is 2. The number of unbranched alkanes of at least 4 members (excludes halogenated alkanes) is 1. The third-order valence-corrected chi connectivity index (χ3v) is 14.2. The molecule has 0 bridgehead atoms. The number of carbonyl (C=O) groups is 11. The van der Waals surface area contributed by atoms with Gasteiger partial charge < -0.3 is 101 Å². The van der Waals surface area contributed by atoms with Crippen molar-refractivity contribution in [3.05, 3.63) is 83.9 Å². The second-order valence-electron chi connectivity index (χ2n) is 23.1. The maximum absolute atomic E-state index is 14.7. The number of carboxylic acids is 2. The molecule has 3 aromatic rings. The molecule has 0 aliphatic rings. The van der Waals surface area contributed by atoms with Crippen LogP contribution < -0.4 is 70.8 Å². The number of nitrogens with one attached hydrogen (secondary N) is 10. The first-order valence-corrected chi connectivity index (χ1v) is 30.3. The van der Waals surface area contributed by atoms with Crippen LogP contribution in [0, 0.1) is 11.8 Å². The highest BCUT2D eigenvalue weighted by Crippen LogP contribution is 2.15. The lowest BCUT2D eigenvalue weighted by Gasteiger charge is -2.29. The summed E-state index contributed by atoms with van der Waals surface area (Å²) in [7, 11) is 0. The summed E-state index contributed by atoms with van der Waals surface area (Å²) in [5.41, 5.74) is 24.8. The predicted octanol–water partition coefficient (Wildman–Crippen LogP) is -3.57. The van der Waals surface area contributed by atoms with Gasteiger partial charge in [-0.2, -0.15) is 0 Å². The summed E-state index contributed by atoms with van der Waals surface area (Å²) in [5, 5.41) is 72.3. The summed E-state index contributed by atoms with van der Waals surface area (Å²) in [6, 6.07) is -0.726. The molecule has 1 heterocycles. The van der Waals surface area contributed by atoms with E-state index in [4.69, 9.17) is 22.9 Å². The minimum atomic E-state index is -1.82. The zero-order valence-electron chi connectivity index (χ0n) is 52.4. The van der Waals surface area contributed by atoms with Gasteiger partial charge in [-0.15, -0.1) is 0 Å². The third kappa shape index (κ3) is 28.3. The lowest BCUT2D eigenvalue weighted by atomic mass is 10.0. The van der Waals surface area contributed by atoms with E-state index >= 15 is 0 Å². The Morgan fingerprint density at radius 3 is 1.52 bits per heavy atom. The Morgan fingerprint density at radius 2 is 1.01 bits per heavy atom. The molecule has 0 fully saturated rings. The molecule has 1 aromatic heterocycles. The van der Waals surface area contributed by atoms with E-state index in [0.717, 1.165) is 6.92 Å². The lowest BCUT2D eigenvalue weighted by molar-refractivity contribution is -0.143. The van der Waals surface area contributed by atoms with Gasteiger partial charge in [-0.25, -0.2) is 9.78 Å². The van der Waals surface area contributed by atoms with Crippen molar-refractivity contribution in [3.63, 3.8) is 0 Å². The maximum Gasteiger partial charge on any atom is 0.326 e. The van der Waals surface area contributed by atoms with Crippen LogP contribution in [-0.4, -0.2) is 193 Å². The molecule has 9 amide bonds. The molecule has 0 unspecified atom stereocenters. The smallest absolute Gasteiger partial charge is 0.326 e. The minimum Gasteiger partial charge on any atom is -0.508 e. The van der Waals surface area contributed by atoms with Crippen LogP contribution in [0.3, 0.4) is 0 Å². The van der Waals surface area contributed by atoms with E-state index in [2.05, 4.69) is 62.8 Å². The van der Waals surface area contributed by atoms with E-state index in [1.165, 1.54) is 24.7 Å². The van der Waals surface area contributed by atoms with Crippen LogP contribution in [0.15, 0.2) is 72.1 Å². The van der Waals surface area contributed by atoms with E-state index in [1.807, 2.05) is 0 Å². The highest BCUT2D eigenvalue weighted by molar-refractivity contribution is 5.99. The van der Waals surface area contributed by atoms with Gasteiger partial charge in [0.25, 0.3) is 0 Å². The molecule has 2 aromatic carbocycles. The van der Waals surface area contributed by atoms with E-state index in [0.29, 0.717) is 23.2 Å². The zero-order chi connectivity index (χ0) is 68.6. The number of phenols is 1. The van der Waals surface area contributed by atoms with Gasteiger partial charge in [-0.1, -0.05) is 70.2 Å². The molecule has 0 saturated heterocycles. The maximum atomic E-state index is 14.7. The molecule has 23 N–H and O–H groups in total. The number of aliphatic hydroxyl groups excluding tert-OH is 2. The number of aromatic nitrogens is 2. The number of guanidine groups is 1. The number of phenolic OH excluding ortho intramolecular Hbond substituents is 1. The Balaban J connectivity index is 1.96. The fourth-order valence-corrected chi connectivity index (χ4v) is 9.36. The molecule has 0 aliphatic carbocycles. The van der Waals surface area contributed by atoms with Gasteiger partial charge in [0.05, 0.1) is 25.1 Å². The summed E-state index contributed by atoms with van der Waals surface area (Å²) >= 11 is 0. The highest BCUT2D eigenvalue weighted by atomic mass is 16.4. The standard InChI is InChI=1S/C60H92N16O16/c1-32(2)24-43(54(86)75-47(30-77)57(89)76-49(34(5)78)58(90)74-46(59(91)92)25-33(3)4)72-53(85)42(20-21-48(80)81)70-51(83)40(14-9-10-22-61)68-55(87)44(27-35-12-7-6-8-13-35)73-52(84)41(15-11-23-66-60(63)64)69-56(88)45(28-37-29-65-31-67-37)71-50(82)39(62)26-36-16-18-38(79)19-17-36/h6-8,12-13,16-19,29,31-34,39-47,49,77-79H,9-11,14-15,20-28,30,61-62H2,1-5H3,(H,65,67)(H,68,87)(H,69,88)(H,70,83)(H,71,82)(H,72,85)(H,73,84)(H,74,90)(H,75,86)(H,76,89)(H,80,81)(H,91,92)(H4,63,64,66)/t34-,39+,40+,41+,42+,43+,44+,45+,46+,47+,49+/m1/s1. The van der Waals surface area contributed by atoms with Crippen LogP contribution in [0.2, 0.25) is 0 Å². The Hall–Kier alpha value is -9.27. The molecule has 32 nitrogen and oxygen atoms in total. The van der Waals surface area contributed by atoms with Gasteiger partial charge >= 0.3 is 11.9 Å². The van der Waals surface area contributed by atoms with E-state index in [9.17, 15) is 78.3 Å². The van der Waals surface area contributed by atoms with Crippen LogP contribution in [0.25, 0.3) is 0 Å². The third-order valence-electron chi connectivity index (χ3n) is 14.2. The van der Waals surface area contributed by atoms with Gasteiger partial charge in [0, 0.05) is 37.7 Å². The van der Waals surface area contributed by atoms with Gasteiger partial charge in [0.2, 0.25) is 53.2 Å². The molecule has 32 heteroatoms. The number of H-pyrrole nitrogens is 1. The molecule has 0 aliphatic heterocycles.